The van der Waals surface area contributed by atoms with Crippen molar-refractivity contribution >= 4 is 29.3 Å². The van der Waals surface area contributed by atoms with Crippen molar-refractivity contribution in [1.82, 2.24) is 10.3 Å². The monoisotopic (exact) mass is 328 g/mol. The molecule has 21 heavy (non-hydrogen) atoms. The summed E-state index contributed by atoms with van der Waals surface area (Å²) in [6, 6.07) is 3.47. The summed E-state index contributed by atoms with van der Waals surface area (Å²) in [4.78, 5) is 16.3. The van der Waals surface area contributed by atoms with Gasteiger partial charge in [-0.25, -0.2) is 4.98 Å². The van der Waals surface area contributed by atoms with Gasteiger partial charge in [0.05, 0.1) is 0 Å². The van der Waals surface area contributed by atoms with Crippen molar-refractivity contribution in [2.75, 3.05) is 18.6 Å². The van der Waals surface area contributed by atoms with Crippen LogP contribution < -0.4 is 5.32 Å². The van der Waals surface area contributed by atoms with E-state index >= 15 is 0 Å². The molecule has 0 atom stereocenters. The Balaban J connectivity index is 2.34. The van der Waals surface area contributed by atoms with E-state index in [9.17, 15) is 4.79 Å². The number of hydrogen-bond donors (Lipinski definition) is 1. The Kier molecular flexibility index (Phi) is 9.51. The van der Waals surface area contributed by atoms with Gasteiger partial charge in [0.15, 0.2) is 0 Å². The van der Waals surface area contributed by atoms with Gasteiger partial charge in [0, 0.05) is 17.8 Å². The van der Waals surface area contributed by atoms with Gasteiger partial charge in [0.25, 0.3) is 5.91 Å². The number of carbonyl (C=O) groups excluding carboxylic acids is 1. The van der Waals surface area contributed by atoms with Crippen molar-refractivity contribution in [2.45, 2.75) is 45.4 Å². The molecule has 1 heterocycles. The molecule has 0 aliphatic rings. The van der Waals surface area contributed by atoms with Gasteiger partial charge in [-0.2, -0.15) is 11.8 Å². The lowest BCUT2D eigenvalue weighted by Crippen LogP contribution is -2.24. The molecule has 0 saturated heterocycles. The lowest BCUT2D eigenvalue weighted by atomic mass is 10.1. The molecule has 0 spiro atoms. The van der Waals surface area contributed by atoms with Crippen LogP contribution in [0.15, 0.2) is 12.1 Å². The number of aromatic nitrogens is 1. The topological polar surface area (TPSA) is 42.0 Å². The van der Waals surface area contributed by atoms with Gasteiger partial charge in [-0.05, 0) is 43.4 Å². The maximum Gasteiger partial charge on any atom is 0.251 e. The highest BCUT2D eigenvalue weighted by atomic mass is 35.5. The van der Waals surface area contributed by atoms with Crippen LogP contribution in [0.25, 0.3) is 0 Å². The SMILES string of the molecule is CCCc1cc(C(=O)NCCCCCCSC)cc(Cl)n1. The molecule has 1 amide bonds. The van der Waals surface area contributed by atoms with E-state index < -0.39 is 0 Å². The number of nitrogens with zero attached hydrogens (tertiary/aromatic N) is 1. The predicted molar refractivity (Wildman–Crippen MR) is 92.4 cm³/mol. The minimum Gasteiger partial charge on any atom is -0.352 e. The summed E-state index contributed by atoms with van der Waals surface area (Å²) in [7, 11) is 0. The predicted octanol–water partition coefficient (Wildman–Crippen LogP) is 4.34. The van der Waals surface area contributed by atoms with Crippen molar-refractivity contribution in [1.29, 1.82) is 0 Å². The molecule has 0 aromatic carbocycles. The molecule has 0 aliphatic carbocycles. The highest BCUT2D eigenvalue weighted by molar-refractivity contribution is 7.98. The van der Waals surface area contributed by atoms with Crippen LogP contribution in [0.2, 0.25) is 5.15 Å². The fourth-order valence-corrected chi connectivity index (χ4v) is 2.81. The Morgan fingerprint density at radius 3 is 2.76 bits per heavy atom. The van der Waals surface area contributed by atoms with Gasteiger partial charge in [-0.15, -0.1) is 0 Å². The van der Waals surface area contributed by atoms with Crippen molar-refractivity contribution in [3.05, 3.63) is 28.5 Å². The molecule has 0 fully saturated rings. The highest BCUT2D eigenvalue weighted by Gasteiger charge is 2.08. The van der Waals surface area contributed by atoms with Gasteiger partial charge in [-0.1, -0.05) is 37.8 Å². The third-order valence-electron chi connectivity index (χ3n) is 3.18. The van der Waals surface area contributed by atoms with Crippen molar-refractivity contribution in [3.8, 4) is 0 Å². The first-order chi connectivity index (χ1) is 10.2. The summed E-state index contributed by atoms with van der Waals surface area (Å²) in [5.74, 6) is 1.17. The van der Waals surface area contributed by atoms with Crippen molar-refractivity contribution in [2.24, 2.45) is 0 Å². The normalized spacial score (nSPS) is 10.6. The number of nitrogens with one attached hydrogen (secondary N) is 1. The first-order valence-electron chi connectivity index (χ1n) is 7.61. The molecular formula is C16H25ClN2OS. The summed E-state index contributed by atoms with van der Waals surface area (Å²) in [5.41, 5.74) is 1.49. The van der Waals surface area contributed by atoms with E-state index in [1.54, 1.807) is 6.07 Å². The molecule has 5 heteroatoms. The fraction of sp³-hybridized carbons (Fsp3) is 0.625. The Hall–Kier alpha value is -0.740. The average Bonchev–Trinajstić information content (AvgIpc) is 2.46. The summed E-state index contributed by atoms with van der Waals surface area (Å²) < 4.78 is 0. The third-order valence-corrected chi connectivity index (χ3v) is 4.07. The smallest absolute Gasteiger partial charge is 0.251 e. The number of carbonyl (C=O) groups is 1. The minimum atomic E-state index is -0.0548. The number of halogens is 1. The first kappa shape index (κ1) is 18.3. The first-order valence-corrected chi connectivity index (χ1v) is 9.38. The second-order valence-corrected chi connectivity index (χ2v) is 6.46. The van der Waals surface area contributed by atoms with E-state index in [1.165, 1.54) is 25.0 Å². The van der Waals surface area contributed by atoms with Crippen molar-refractivity contribution < 1.29 is 4.79 Å². The van der Waals surface area contributed by atoms with Crippen LogP contribution in [0.3, 0.4) is 0 Å². The largest absolute Gasteiger partial charge is 0.352 e. The fourth-order valence-electron chi connectivity index (χ4n) is 2.10. The van der Waals surface area contributed by atoms with Crippen LogP contribution in [-0.4, -0.2) is 29.4 Å². The molecule has 0 radical (unpaired) electrons. The van der Waals surface area contributed by atoms with Gasteiger partial charge in [0.1, 0.15) is 5.15 Å². The quantitative estimate of drug-likeness (QED) is 0.513. The lowest BCUT2D eigenvalue weighted by Gasteiger charge is -2.07. The zero-order valence-corrected chi connectivity index (χ0v) is 14.5. The second kappa shape index (κ2) is 10.9. The van der Waals surface area contributed by atoms with Gasteiger partial charge >= 0.3 is 0 Å². The number of aryl methyl sites for hydroxylation is 1. The molecule has 1 aromatic rings. The summed E-state index contributed by atoms with van der Waals surface area (Å²) in [5, 5.41) is 3.35. The lowest BCUT2D eigenvalue weighted by molar-refractivity contribution is 0.0952. The van der Waals surface area contributed by atoms with Gasteiger partial charge < -0.3 is 5.32 Å². The molecule has 0 bridgehead atoms. The van der Waals surface area contributed by atoms with E-state index in [4.69, 9.17) is 11.6 Å². The maximum atomic E-state index is 12.1. The standard InChI is InChI=1S/C16H25ClN2OS/c1-3-8-14-11-13(12-15(17)19-14)16(20)18-9-6-4-5-7-10-21-2/h11-12H,3-10H2,1-2H3,(H,18,20). The highest BCUT2D eigenvalue weighted by Crippen LogP contribution is 2.12. The number of thioether (sulfide) groups is 1. The Labute approximate surface area is 137 Å². The molecular weight excluding hydrogens is 304 g/mol. The maximum absolute atomic E-state index is 12.1. The summed E-state index contributed by atoms with van der Waals surface area (Å²) >= 11 is 7.86. The molecule has 0 aliphatic heterocycles. The molecule has 0 unspecified atom stereocenters. The molecule has 1 rings (SSSR count). The van der Waals surface area contributed by atoms with E-state index in [-0.39, 0.29) is 5.91 Å². The Morgan fingerprint density at radius 1 is 1.29 bits per heavy atom. The number of unbranched alkanes of at least 4 members (excludes halogenated alkanes) is 3. The van der Waals surface area contributed by atoms with E-state index in [0.717, 1.165) is 31.5 Å². The number of rotatable bonds is 10. The van der Waals surface area contributed by atoms with Crippen LogP contribution >= 0.6 is 23.4 Å². The van der Waals surface area contributed by atoms with Crippen LogP contribution in [0, 0.1) is 0 Å². The van der Waals surface area contributed by atoms with E-state index in [2.05, 4.69) is 23.5 Å². The average molecular weight is 329 g/mol. The Morgan fingerprint density at radius 2 is 2.05 bits per heavy atom. The molecule has 1 aromatic heterocycles. The van der Waals surface area contributed by atoms with Crippen LogP contribution in [0.4, 0.5) is 0 Å². The van der Waals surface area contributed by atoms with E-state index in [1.807, 2.05) is 17.8 Å². The summed E-state index contributed by atoms with van der Waals surface area (Å²) in [6.07, 6.45) is 8.65. The van der Waals surface area contributed by atoms with Crippen molar-refractivity contribution in [3.63, 3.8) is 0 Å². The zero-order valence-electron chi connectivity index (χ0n) is 13.0. The zero-order chi connectivity index (χ0) is 15.5. The third kappa shape index (κ3) is 7.72. The van der Waals surface area contributed by atoms with Crippen LogP contribution in [0.1, 0.15) is 55.1 Å². The number of hydrogen-bond acceptors (Lipinski definition) is 3. The molecule has 3 nitrogen and oxygen atoms in total. The Bertz CT molecular complexity index is 440. The molecule has 0 saturated carbocycles. The molecule has 118 valence electrons. The molecule has 1 N–H and O–H groups in total. The number of amides is 1. The minimum absolute atomic E-state index is 0.0548. The van der Waals surface area contributed by atoms with E-state index in [0.29, 0.717) is 10.7 Å². The van der Waals surface area contributed by atoms with Crippen LogP contribution in [0.5, 0.6) is 0 Å². The second-order valence-electron chi connectivity index (χ2n) is 5.08. The summed E-state index contributed by atoms with van der Waals surface area (Å²) in [6.45, 7) is 2.81. The number of pyridine rings is 1. The van der Waals surface area contributed by atoms with Crippen LogP contribution in [-0.2, 0) is 6.42 Å². The van der Waals surface area contributed by atoms with Gasteiger partial charge in [0.2, 0.25) is 0 Å². The van der Waals surface area contributed by atoms with Gasteiger partial charge in [-0.3, -0.25) is 4.79 Å².